The maximum Gasteiger partial charge on any atom is 0.266 e. The van der Waals surface area contributed by atoms with Crippen molar-refractivity contribution in [3.8, 4) is 0 Å². The van der Waals surface area contributed by atoms with Crippen molar-refractivity contribution < 1.29 is 9.59 Å². The number of imide groups is 1. The monoisotopic (exact) mass is 290 g/mol. The number of rotatable bonds is 1. The van der Waals surface area contributed by atoms with Crippen molar-refractivity contribution in [1.29, 1.82) is 0 Å². The fraction of sp³-hybridized carbons (Fsp3) is 0.111. The van der Waals surface area contributed by atoms with Gasteiger partial charge in [0.05, 0.1) is 22.3 Å². The minimum Gasteiger partial charge on any atom is -0.350 e. The lowest BCUT2D eigenvalue weighted by molar-refractivity contribution is 0.0926. The maximum atomic E-state index is 12.8. The number of carbonyl (C=O) groups is 2. The molecule has 0 saturated heterocycles. The molecule has 0 saturated carbocycles. The number of nitrogens with zero attached hydrogens (tertiary/aromatic N) is 2. The summed E-state index contributed by atoms with van der Waals surface area (Å²) in [6, 6.07) is 12.8. The zero-order valence-corrected chi connectivity index (χ0v) is 12.3. The SMILES string of the molecule is Cc1cc2c(c3ccn(C)c13)C(=O)N(c1ccccc1)C2=O. The topological polar surface area (TPSA) is 42.3 Å². The van der Waals surface area contributed by atoms with Crippen molar-refractivity contribution in [3.05, 3.63) is 65.4 Å². The molecule has 0 unspecified atom stereocenters. The lowest BCUT2D eigenvalue weighted by Crippen LogP contribution is -2.29. The first-order valence-corrected chi connectivity index (χ1v) is 7.12. The summed E-state index contributed by atoms with van der Waals surface area (Å²) in [6.07, 6.45) is 1.92. The van der Waals surface area contributed by atoms with E-state index in [2.05, 4.69) is 0 Å². The standard InChI is InChI=1S/C18H14N2O2/c1-11-10-14-15(13-8-9-19(2)16(11)13)18(22)20(17(14)21)12-6-4-3-5-7-12/h3-10H,1-2H3. The molecule has 2 aromatic carbocycles. The first-order valence-electron chi connectivity index (χ1n) is 7.12. The van der Waals surface area contributed by atoms with Crippen molar-refractivity contribution >= 4 is 28.4 Å². The summed E-state index contributed by atoms with van der Waals surface area (Å²) >= 11 is 0. The Hall–Kier alpha value is -2.88. The van der Waals surface area contributed by atoms with E-state index in [9.17, 15) is 9.59 Å². The molecule has 1 aliphatic heterocycles. The van der Waals surface area contributed by atoms with Gasteiger partial charge in [0, 0.05) is 18.6 Å². The van der Waals surface area contributed by atoms with Crippen LogP contribution in [0.1, 0.15) is 26.3 Å². The predicted molar refractivity (Wildman–Crippen MR) is 85.2 cm³/mol. The molecule has 2 heterocycles. The van der Waals surface area contributed by atoms with Gasteiger partial charge in [-0.25, -0.2) is 4.90 Å². The molecule has 0 spiro atoms. The highest BCUT2D eigenvalue weighted by molar-refractivity contribution is 6.37. The number of amides is 2. The molecule has 1 aliphatic rings. The highest BCUT2D eigenvalue weighted by Gasteiger charge is 2.38. The molecule has 0 fully saturated rings. The van der Waals surface area contributed by atoms with Crippen molar-refractivity contribution in [2.45, 2.75) is 6.92 Å². The Morgan fingerprint density at radius 1 is 0.955 bits per heavy atom. The lowest BCUT2D eigenvalue weighted by Gasteiger charge is -2.13. The lowest BCUT2D eigenvalue weighted by atomic mass is 10.0. The van der Waals surface area contributed by atoms with E-state index >= 15 is 0 Å². The molecule has 0 aliphatic carbocycles. The molecule has 4 heteroatoms. The van der Waals surface area contributed by atoms with Crippen LogP contribution in [0.15, 0.2) is 48.7 Å². The molecule has 0 N–H and O–H groups in total. The number of hydrogen-bond donors (Lipinski definition) is 0. The van der Waals surface area contributed by atoms with E-state index in [0.29, 0.717) is 16.8 Å². The minimum absolute atomic E-state index is 0.248. The first kappa shape index (κ1) is 12.8. The molecule has 2 amide bonds. The van der Waals surface area contributed by atoms with Gasteiger partial charge in [-0.15, -0.1) is 0 Å². The third-order valence-corrected chi connectivity index (χ3v) is 4.21. The van der Waals surface area contributed by atoms with E-state index in [0.717, 1.165) is 16.5 Å². The van der Waals surface area contributed by atoms with E-state index < -0.39 is 0 Å². The summed E-state index contributed by atoms with van der Waals surface area (Å²) in [5, 5.41) is 0.842. The number of hydrogen-bond acceptors (Lipinski definition) is 2. The van der Waals surface area contributed by atoms with E-state index in [1.165, 1.54) is 4.90 Å². The highest BCUT2D eigenvalue weighted by atomic mass is 16.2. The zero-order valence-electron chi connectivity index (χ0n) is 12.3. The molecule has 4 rings (SSSR count). The van der Waals surface area contributed by atoms with Gasteiger partial charge in [-0.2, -0.15) is 0 Å². The van der Waals surface area contributed by atoms with Crippen molar-refractivity contribution in [1.82, 2.24) is 4.57 Å². The summed E-state index contributed by atoms with van der Waals surface area (Å²) in [6.45, 7) is 1.96. The Bertz CT molecular complexity index is 939. The molecule has 3 aromatic rings. The van der Waals surface area contributed by atoms with Gasteiger partial charge in [0.2, 0.25) is 0 Å². The van der Waals surface area contributed by atoms with Gasteiger partial charge >= 0.3 is 0 Å². The maximum absolute atomic E-state index is 12.8. The molecule has 22 heavy (non-hydrogen) atoms. The van der Waals surface area contributed by atoms with Gasteiger partial charge < -0.3 is 4.57 Å². The van der Waals surface area contributed by atoms with Crippen LogP contribution in [-0.4, -0.2) is 16.4 Å². The summed E-state index contributed by atoms with van der Waals surface area (Å²) in [5.41, 5.74) is 3.60. The van der Waals surface area contributed by atoms with Gasteiger partial charge in [0.1, 0.15) is 0 Å². The molecular formula is C18H14N2O2. The second kappa shape index (κ2) is 4.31. The molecular weight excluding hydrogens is 276 g/mol. The largest absolute Gasteiger partial charge is 0.350 e. The third kappa shape index (κ3) is 1.52. The fourth-order valence-corrected chi connectivity index (χ4v) is 3.26. The minimum atomic E-state index is -0.250. The van der Waals surface area contributed by atoms with Crippen molar-refractivity contribution in [3.63, 3.8) is 0 Å². The highest BCUT2D eigenvalue weighted by Crippen LogP contribution is 2.35. The van der Waals surface area contributed by atoms with Crippen LogP contribution >= 0.6 is 0 Å². The Morgan fingerprint density at radius 2 is 1.68 bits per heavy atom. The Morgan fingerprint density at radius 3 is 2.41 bits per heavy atom. The molecule has 0 atom stereocenters. The Labute approximate surface area is 127 Å². The quantitative estimate of drug-likeness (QED) is 0.645. The van der Waals surface area contributed by atoms with Crippen LogP contribution in [0.25, 0.3) is 10.9 Å². The summed E-state index contributed by atoms with van der Waals surface area (Å²) < 4.78 is 1.98. The first-order chi connectivity index (χ1) is 10.6. The third-order valence-electron chi connectivity index (χ3n) is 4.21. The van der Waals surface area contributed by atoms with Gasteiger partial charge in [0.15, 0.2) is 0 Å². The van der Waals surface area contributed by atoms with Crippen LogP contribution in [0.3, 0.4) is 0 Å². The number of aromatic nitrogens is 1. The van der Waals surface area contributed by atoms with Crippen LogP contribution in [0.4, 0.5) is 5.69 Å². The van der Waals surface area contributed by atoms with Crippen LogP contribution in [-0.2, 0) is 7.05 Å². The second-order valence-corrected chi connectivity index (χ2v) is 5.59. The Balaban J connectivity index is 2.00. The zero-order chi connectivity index (χ0) is 15.4. The van der Waals surface area contributed by atoms with Gasteiger partial charge in [-0.3, -0.25) is 9.59 Å². The van der Waals surface area contributed by atoms with E-state index in [4.69, 9.17) is 0 Å². The van der Waals surface area contributed by atoms with Crippen molar-refractivity contribution in [2.75, 3.05) is 4.90 Å². The average Bonchev–Trinajstić information content (AvgIpc) is 3.00. The Kier molecular flexibility index (Phi) is 2.51. The number of aryl methyl sites for hydroxylation is 2. The second-order valence-electron chi connectivity index (χ2n) is 5.59. The number of para-hydroxylation sites is 1. The van der Waals surface area contributed by atoms with Gasteiger partial charge in [-0.05, 0) is 36.8 Å². The fourth-order valence-electron chi connectivity index (χ4n) is 3.26. The summed E-state index contributed by atoms with van der Waals surface area (Å²) in [4.78, 5) is 26.8. The average molecular weight is 290 g/mol. The number of fused-ring (bicyclic) bond motifs is 3. The van der Waals surface area contributed by atoms with E-state index in [1.54, 1.807) is 12.1 Å². The molecule has 0 bridgehead atoms. The molecule has 1 aromatic heterocycles. The van der Waals surface area contributed by atoms with E-state index in [-0.39, 0.29) is 11.8 Å². The molecule has 0 radical (unpaired) electrons. The molecule has 108 valence electrons. The number of anilines is 1. The van der Waals surface area contributed by atoms with Crippen LogP contribution in [0.2, 0.25) is 0 Å². The van der Waals surface area contributed by atoms with Crippen molar-refractivity contribution in [2.24, 2.45) is 7.05 Å². The van der Waals surface area contributed by atoms with Crippen LogP contribution in [0.5, 0.6) is 0 Å². The number of carbonyl (C=O) groups excluding carboxylic acids is 2. The summed E-state index contributed by atoms with van der Waals surface area (Å²) in [7, 11) is 1.94. The summed E-state index contributed by atoms with van der Waals surface area (Å²) in [5.74, 6) is -0.498. The van der Waals surface area contributed by atoms with Crippen LogP contribution < -0.4 is 4.90 Å². The molecule has 4 nitrogen and oxygen atoms in total. The predicted octanol–water partition coefficient (Wildman–Crippen LogP) is 3.29. The van der Waals surface area contributed by atoms with Gasteiger partial charge in [-0.1, -0.05) is 18.2 Å². The number of benzene rings is 2. The van der Waals surface area contributed by atoms with Gasteiger partial charge in [0.25, 0.3) is 11.8 Å². The smallest absolute Gasteiger partial charge is 0.266 e. The van der Waals surface area contributed by atoms with Crippen LogP contribution in [0, 0.1) is 6.92 Å². The normalized spacial score (nSPS) is 14.0. The van der Waals surface area contributed by atoms with E-state index in [1.807, 2.05) is 55.1 Å².